The Morgan fingerprint density at radius 3 is 2.65 bits per heavy atom. The number of ether oxygens (including phenoxy) is 1. The monoisotopic (exact) mass is 233 g/mol. The van der Waals surface area contributed by atoms with E-state index in [0.29, 0.717) is 18.3 Å². The predicted molar refractivity (Wildman–Crippen MR) is 62.8 cm³/mol. The Bertz CT molecular complexity index is 535. The van der Waals surface area contributed by atoms with Crippen molar-refractivity contribution < 1.29 is 4.74 Å². The molecule has 0 fully saturated rings. The van der Waals surface area contributed by atoms with Crippen LogP contribution in [0.25, 0.3) is 0 Å². The second-order valence-corrected chi connectivity index (χ2v) is 3.89. The maximum absolute atomic E-state index is 5.70. The molecule has 0 bridgehead atoms. The van der Waals surface area contributed by atoms with Crippen molar-refractivity contribution in [2.75, 3.05) is 0 Å². The molecule has 2 aromatic heterocycles. The first-order chi connectivity index (χ1) is 8.11. The molecule has 6 heteroatoms. The van der Waals surface area contributed by atoms with Crippen LogP contribution in [-0.4, -0.2) is 20.4 Å². The molecule has 0 aliphatic carbocycles. The fraction of sp³-hybridized carbons (Fsp3) is 0.364. The summed E-state index contributed by atoms with van der Waals surface area (Å²) in [5, 5.41) is 14.8. The number of nitrogens with one attached hydrogen (secondary N) is 1. The van der Waals surface area contributed by atoms with Gasteiger partial charge in [-0.3, -0.25) is 5.10 Å². The highest BCUT2D eigenvalue weighted by Crippen LogP contribution is 2.24. The van der Waals surface area contributed by atoms with Crippen molar-refractivity contribution in [2.45, 2.75) is 27.3 Å². The van der Waals surface area contributed by atoms with E-state index in [4.69, 9.17) is 10.5 Å². The highest BCUT2D eigenvalue weighted by molar-refractivity contribution is 5.36. The maximum Gasteiger partial charge on any atom is 0.245 e. The van der Waals surface area contributed by atoms with Gasteiger partial charge in [-0.25, -0.2) is 0 Å². The van der Waals surface area contributed by atoms with Crippen LogP contribution in [0.2, 0.25) is 0 Å². The van der Waals surface area contributed by atoms with E-state index in [1.54, 1.807) is 6.07 Å². The molecule has 90 valence electrons. The van der Waals surface area contributed by atoms with E-state index in [2.05, 4.69) is 20.4 Å². The lowest BCUT2D eigenvalue weighted by atomic mass is 10.1. The van der Waals surface area contributed by atoms with Crippen molar-refractivity contribution in [1.29, 1.82) is 0 Å². The van der Waals surface area contributed by atoms with E-state index in [-0.39, 0.29) is 0 Å². The molecule has 2 aromatic rings. The Balaban J connectivity index is 2.36. The van der Waals surface area contributed by atoms with Gasteiger partial charge in [0.25, 0.3) is 0 Å². The number of H-pyrrole nitrogens is 1. The zero-order chi connectivity index (χ0) is 12.4. The van der Waals surface area contributed by atoms with Gasteiger partial charge in [0.05, 0.1) is 5.69 Å². The summed E-state index contributed by atoms with van der Waals surface area (Å²) in [7, 11) is 0. The average molecular weight is 233 g/mol. The molecule has 6 nitrogen and oxygen atoms in total. The second kappa shape index (κ2) is 4.50. The zero-order valence-corrected chi connectivity index (χ0v) is 10.1. The Morgan fingerprint density at radius 2 is 2.06 bits per heavy atom. The minimum Gasteiger partial charge on any atom is -0.417 e. The molecule has 0 aliphatic rings. The third-order valence-corrected chi connectivity index (χ3v) is 2.63. The molecule has 0 aliphatic heterocycles. The standard InChI is InChI=1S/C11H15N5O/c1-6-4-10(15-13-6)17-11-9(5-12)7(2)8(3)14-16-11/h4H,5,12H2,1-3H3,(H,13,15). The Morgan fingerprint density at radius 1 is 1.29 bits per heavy atom. The molecule has 0 saturated carbocycles. The fourth-order valence-electron chi connectivity index (χ4n) is 1.50. The summed E-state index contributed by atoms with van der Waals surface area (Å²) in [4.78, 5) is 0. The van der Waals surface area contributed by atoms with Gasteiger partial charge in [-0.2, -0.15) is 5.10 Å². The van der Waals surface area contributed by atoms with E-state index in [1.165, 1.54) is 0 Å². The summed E-state index contributed by atoms with van der Waals surface area (Å²) in [6, 6.07) is 1.79. The molecule has 0 radical (unpaired) electrons. The fourth-order valence-corrected chi connectivity index (χ4v) is 1.50. The number of rotatable bonds is 3. The lowest BCUT2D eigenvalue weighted by molar-refractivity contribution is 0.429. The highest BCUT2D eigenvalue weighted by Gasteiger charge is 2.12. The Labute approximate surface area is 99.2 Å². The number of hydrogen-bond donors (Lipinski definition) is 2. The van der Waals surface area contributed by atoms with Crippen molar-refractivity contribution in [1.82, 2.24) is 20.4 Å². The van der Waals surface area contributed by atoms with Crippen molar-refractivity contribution in [2.24, 2.45) is 5.73 Å². The zero-order valence-electron chi connectivity index (χ0n) is 10.1. The van der Waals surface area contributed by atoms with Crippen LogP contribution in [0, 0.1) is 20.8 Å². The second-order valence-electron chi connectivity index (χ2n) is 3.89. The molecule has 2 heterocycles. The largest absolute Gasteiger partial charge is 0.417 e. The van der Waals surface area contributed by atoms with Crippen molar-refractivity contribution in [3.8, 4) is 11.8 Å². The van der Waals surface area contributed by atoms with E-state index >= 15 is 0 Å². The average Bonchev–Trinajstić information content (AvgIpc) is 2.70. The van der Waals surface area contributed by atoms with Crippen LogP contribution >= 0.6 is 0 Å². The number of nitrogens with zero attached hydrogens (tertiary/aromatic N) is 3. The summed E-state index contributed by atoms with van der Waals surface area (Å²) in [6.45, 7) is 6.11. The van der Waals surface area contributed by atoms with Crippen molar-refractivity contribution in [3.05, 3.63) is 28.6 Å². The number of hydrogen-bond acceptors (Lipinski definition) is 5. The van der Waals surface area contributed by atoms with Gasteiger partial charge < -0.3 is 10.5 Å². The lowest BCUT2D eigenvalue weighted by Crippen LogP contribution is -2.07. The summed E-state index contributed by atoms with van der Waals surface area (Å²) in [5.41, 5.74) is 9.35. The highest BCUT2D eigenvalue weighted by atomic mass is 16.5. The maximum atomic E-state index is 5.70. The Hall–Kier alpha value is -1.95. The first-order valence-corrected chi connectivity index (χ1v) is 5.34. The van der Waals surface area contributed by atoms with Gasteiger partial charge in [0.15, 0.2) is 0 Å². The van der Waals surface area contributed by atoms with E-state index in [9.17, 15) is 0 Å². The van der Waals surface area contributed by atoms with Crippen LogP contribution in [0.3, 0.4) is 0 Å². The van der Waals surface area contributed by atoms with Gasteiger partial charge in [-0.15, -0.1) is 10.2 Å². The van der Waals surface area contributed by atoms with Gasteiger partial charge in [0.2, 0.25) is 11.8 Å². The van der Waals surface area contributed by atoms with Crippen LogP contribution in [0.4, 0.5) is 0 Å². The van der Waals surface area contributed by atoms with Crippen LogP contribution < -0.4 is 10.5 Å². The number of aryl methyl sites for hydroxylation is 2. The van der Waals surface area contributed by atoms with Gasteiger partial charge in [-0.05, 0) is 26.3 Å². The molecule has 2 rings (SSSR count). The van der Waals surface area contributed by atoms with E-state index < -0.39 is 0 Å². The normalized spacial score (nSPS) is 10.6. The minimum absolute atomic E-state index is 0.362. The molecule has 0 spiro atoms. The van der Waals surface area contributed by atoms with Gasteiger partial charge >= 0.3 is 0 Å². The van der Waals surface area contributed by atoms with Crippen molar-refractivity contribution in [3.63, 3.8) is 0 Å². The topological polar surface area (TPSA) is 89.7 Å². The first kappa shape index (κ1) is 11.5. The van der Waals surface area contributed by atoms with E-state index in [0.717, 1.165) is 22.5 Å². The summed E-state index contributed by atoms with van der Waals surface area (Å²) >= 11 is 0. The lowest BCUT2D eigenvalue weighted by Gasteiger charge is -2.09. The summed E-state index contributed by atoms with van der Waals surface area (Å²) in [5.74, 6) is 0.886. The smallest absolute Gasteiger partial charge is 0.245 e. The molecule has 0 saturated heterocycles. The van der Waals surface area contributed by atoms with Gasteiger partial charge in [0.1, 0.15) is 0 Å². The van der Waals surface area contributed by atoms with E-state index in [1.807, 2.05) is 20.8 Å². The number of aromatic nitrogens is 4. The first-order valence-electron chi connectivity index (χ1n) is 5.34. The van der Waals surface area contributed by atoms with Crippen molar-refractivity contribution >= 4 is 0 Å². The van der Waals surface area contributed by atoms with Crippen LogP contribution in [0.5, 0.6) is 11.8 Å². The Kier molecular flexibility index (Phi) is 3.06. The molecule has 3 N–H and O–H groups in total. The summed E-state index contributed by atoms with van der Waals surface area (Å²) < 4.78 is 5.56. The number of aromatic amines is 1. The molecule has 0 aromatic carbocycles. The minimum atomic E-state index is 0.362. The van der Waals surface area contributed by atoms with Crippen LogP contribution in [-0.2, 0) is 6.54 Å². The molecular formula is C11H15N5O. The molecular weight excluding hydrogens is 218 g/mol. The molecule has 0 amide bonds. The SMILES string of the molecule is Cc1cc(Oc2nnc(C)c(C)c2CN)n[nH]1. The predicted octanol–water partition coefficient (Wildman–Crippen LogP) is 1.38. The van der Waals surface area contributed by atoms with Gasteiger partial charge in [0, 0.05) is 23.9 Å². The summed E-state index contributed by atoms with van der Waals surface area (Å²) in [6.07, 6.45) is 0. The third-order valence-electron chi connectivity index (χ3n) is 2.63. The van der Waals surface area contributed by atoms with Gasteiger partial charge in [-0.1, -0.05) is 0 Å². The quantitative estimate of drug-likeness (QED) is 0.835. The molecule has 0 atom stereocenters. The van der Waals surface area contributed by atoms with Crippen LogP contribution in [0.1, 0.15) is 22.5 Å². The van der Waals surface area contributed by atoms with Crippen LogP contribution in [0.15, 0.2) is 6.07 Å². The molecule has 17 heavy (non-hydrogen) atoms. The molecule has 0 unspecified atom stereocenters. The third kappa shape index (κ3) is 2.26. The number of nitrogens with two attached hydrogens (primary N) is 1.